The van der Waals surface area contributed by atoms with Gasteiger partial charge in [0, 0.05) is 6.42 Å². The maximum atomic E-state index is 12.2. The molecule has 44 heavy (non-hydrogen) atoms. The summed E-state index contributed by atoms with van der Waals surface area (Å²) in [5.41, 5.74) is 0. The predicted molar refractivity (Wildman–Crippen MR) is 193 cm³/mol. The van der Waals surface area contributed by atoms with Gasteiger partial charge in [-0.1, -0.05) is 172 Å². The maximum absolute atomic E-state index is 12.2. The Morgan fingerprint density at radius 1 is 0.523 bits per heavy atom. The second kappa shape index (κ2) is 36.1. The molecule has 0 rings (SSSR count). The van der Waals surface area contributed by atoms with Crippen LogP contribution in [-0.2, 0) is 4.79 Å². The van der Waals surface area contributed by atoms with E-state index in [2.05, 4.69) is 43.5 Å². The van der Waals surface area contributed by atoms with Gasteiger partial charge in [-0.3, -0.25) is 4.79 Å². The summed E-state index contributed by atoms with van der Waals surface area (Å²) in [6.45, 7) is 4.24. The lowest BCUT2D eigenvalue weighted by Crippen LogP contribution is -2.45. The highest BCUT2D eigenvalue weighted by molar-refractivity contribution is 5.76. The Kier molecular flexibility index (Phi) is 34.9. The average Bonchev–Trinajstić information content (AvgIpc) is 3.03. The lowest BCUT2D eigenvalue weighted by molar-refractivity contribution is -0.122. The first-order valence-electron chi connectivity index (χ1n) is 19.2. The molecule has 2 atom stereocenters. The summed E-state index contributed by atoms with van der Waals surface area (Å²) in [6.07, 6.45) is 46.9. The zero-order valence-electron chi connectivity index (χ0n) is 29.4. The van der Waals surface area contributed by atoms with E-state index < -0.39 is 12.1 Å². The molecule has 0 radical (unpaired) electrons. The molecule has 0 aromatic carbocycles. The van der Waals surface area contributed by atoms with Gasteiger partial charge in [0.2, 0.25) is 5.91 Å². The molecule has 0 spiro atoms. The molecule has 0 aromatic rings. The molecule has 0 saturated carbocycles. The molecule has 0 aliphatic carbocycles. The predicted octanol–water partition coefficient (Wildman–Crippen LogP) is 11.5. The van der Waals surface area contributed by atoms with E-state index in [1.807, 2.05) is 6.08 Å². The first-order valence-corrected chi connectivity index (χ1v) is 19.2. The number of rotatable bonds is 34. The van der Waals surface area contributed by atoms with E-state index in [0.717, 1.165) is 38.5 Å². The van der Waals surface area contributed by atoms with Crippen LogP contribution in [0, 0.1) is 0 Å². The molecule has 1 amide bonds. The minimum atomic E-state index is -0.870. The van der Waals surface area contributed by atoms with Gasteiger partial charge in [0.15, 0.2) is 0 Å². The largest absolute Gasteiger partial charge is 0.394 e. The van der Waals surface area contributed by atoms with Gasteiger partial charge in [0.25, 0.3) is 0 Å². The Labute approximate surface area is 274 Å². The van der Waals surface area contributed by atoms with Crippen LogP contribution in [0.5, 0.6) is 0 Å². The van der Waals surface area contributed by atoms with Crippen molar-refractivity contribution in [2.24, 2.45) is 0 Å². The average molecular weight is 618 g/mol. The van der Waals surface area contributed by atoms with Crippen molar-refractivity contribution in [2.45, 2.75) is 206 Å². The van der Waals surface area contributed by atoms with Crippen molar-refractivity contribution < 1.29 is 15.0 Å². The number of carbonyl (C=O) groups is 1. The van der Waals surface area contributed by atoms with Crippen molar-refractivity contribution in [1.29, 1.82) is 0 Å². The Balaban J connectivity index is 3.60. The van der Waals surface area contributed by atoms with Gasteiger partial charge >= 0.3 is 0 Å². The van der Waals surface area contributed by atoms with Crippen molar-refractivity contribution in [1.82, 2.24) is 5.32 Å². The molecular formula is C40H75NO3. The van der Waals surface area contributed by atoms with Crippen molar-refractivity contribution in [3.8, 4) is 0 Å². The number of hydrogen-bond donors (Lipinski definition) is 3. The number of amides is 1. The van der Waals surface area contributed by atoms with E-state index in [9.17, 15) is 15.0 Å². The van der Waals surface area contributed by atoms with Gasteiger partial charge in [0.1, 0.15) is 0 Å². The molecule has 0 aromatic heterocycles. The molecule has 0 fully saturated rings. The van der Waals surface area contributed by atoms with Crippen molar-refractivity contribution in [3.05, 3.63) is 36.5 Å². The summed E-state index contributed by atoms with van der Waals surface area (Å²) in [5.74, 6) is -0.111. The monoisotopic (exact) mass is 618 g/mol. The quantitative estimate of drug-likeness (QED) is 0.0497. The molecule has 0 saturated heterocycles. The van der Waals surface area contributed by atoms with Crippen LogP contribution in [0.1, 0.15) is 194 Å². The third kappa shape index (κ3) is 32.0. The van der Waals surface area contributed by atoms with Crippen LogP contribution in [0.4, 0.5) is 0 Å². The number of allylic oxidation sites excluding steroid dienone is 5. The minimum absolute atomic E-state index is 0.111. The second-order valence-corrected chi connectivity index (χ2v) is 13.0. The number of aliphatic hydroxyl groups excluding tert-OH is 2. The number of nitrogens with one attached hydrogen (secondary N) is 1. The summed E-state index contributed by atoms with van der Waals surface area (Å²) in [6, 6.07) is -0.650. The highest BCUT2D eigenvalue weighted by Crippen LogP contribution is 2.14. The van der Waals surface area contributed by atoms with Crippen LogP contribution in [-0.4, -0.2) is 34.9 Å². The van der Waals surface area contributed by atoms with Gasteiger partial charge < -0.3 is 15.5 Å². The van der Waals surface area contributed by atoms with Crippen molar-refractivity contribution >= 4 is 5.91 Å². The normalized spacial score (nSPS) is 13.5. The van der Waals surface area contributed by atoms with Gasteiger partial charge in [-0.15, -0.1) is 0 Å². The first-order chi connectivity index (χ1) is 21.7. The molecule has 0 heterocycles. The number of aliphatic hydroxyl groups is 2. The lowest BCUT2D eigenvalue weighted by atomic mass is 10.0. The van der Waals surface area contributed by atoms with E-state index >= 15 is 0 Å². The maximum Gasteiger partial charge on any atom is 0.220 e. The highest BCUT2D eigenvalue weighted by atomic mass is 16.3. The summed E-state index contributed by atoms with van der Waals surface area (Å²) >= 11 is 0. The lowest BCUT2D eigenvalue weighted by Gasteiger charge is -2.19. The van der Waals surface area contributed by atoms with Gasteiger partial charge in [-0.25, -0.2) is 0 Å². The SMILES string of the molecule is CCCCCC/C=C\CCCC(=O)NC(CO)C(O)/C=C/CC/C=C/CCCCCCCCCCCCCCCCCCC. The molecule has 258 valence electrons. The van der Waals surface area contributed by atoms with E-state index in [4.69, 9.17) is 0 Å². The first kappa shape index (κ1) is 42.6. The second-order valence-electron chi connectivity index (χ2n) is 13.0. The molecule has 3 N–H and O–H groups in total. The third-order valence-electron chi connectivity index (χ3n) is 8.60. The van der Waals surface area contributed by atoms with Crippen LogP contribution < -0.4 is 5.32 Å². The van der Waals surface area contributed by atoms with Crippen molar-refractivity contribution in [2.75, 3.05) is 6.61 Å². The zero-order chi connectivity index (χ0) is 32.2. The topological polar surface area (TPSA) is 69.6 Å². The smallest absolute Gasteiger partial charge is 0.220 e. The fourth-order valence-corrected chi connectivity index (χ4v) is 5.61. The van der Waals surface area contributed by atoms with E-state index in [-0.39, 0.29) is 12.5 Å². The van der Waals surface area contributed by atoms with Crippen molar-refractivity contribution in [3.63, 3.8) is 0 Å². The molecule has 0 aliphatic rings. The highest BCUT2D eigenvalue weighted by Gasteiger charge is 2.17. The summed E-state index contributed by atoms with van der Waals surface area (Å²) in [5, 5.41) is 22.8. The van der Waals surface area contributed by atoms with E-state index in [1.165, 1.54) is 135 Å². The van der Waals surface area contributed by atoms with Gasteiger partial charge in [-0.05, 0) is 51.4 Å². The Morgan fingerprint density at radius 3 is 1.34 bits per heavy atom. The Morgan fingerprint density at radius 2 is 0.886 bits per heavy atom. The Bertz CT molecular complexity index is 672. The summed E-state index contributed by atoms with van der Waals surface area (Å²) in [7, 11) is 0. The standard InChI is InChI=1S/C40H75NO3/c1-3-5-7-9-11-13-14-15-16-17-18-19-20-21-22-23-24-25-26-28-29-31-33-35-39(43)38(37-42)41-40(44)36-34-32-30-27-12-10-8-6-4-2/h26-28,30,33,35,38-39,42-43H,3-25,29,31-32,34,36-37H2,1-2H3,(H,41,44)/b28-26+,30-27-,35-33+. The molecule has 0 aliphatic heterocycles. The molecule has 4 heteroatoms. The zero-order valence-corrected chi connectivity index (χ0v) is 29.4. The van der Waals surface area contributed by atoms with Gasteiger partial charge in [-0.2, -0.15) is 0 Å². The van der Waals surface area contributed by atoms with Crippen LogP contribution >= 0.6 is 0 Å². The van der Waals surface area contributed by atoms with Crippen LogP contribution in [0.3, 0.4) is 0 Å². The number of hydrogen-bond acceptors (Lipinski definition) is 3. The minimum Gasteiger partial charge on any atom is -0.394 e. The Hall–Kier alpha value is -1.39. The number of carbonyl (C=O) groups excluding carboxylic acids is 1. The molecule has 4 nitrogen and oxygen atoms in total. The molecule has 2 unspecified atom stereocenters. The number of unbranched alkanes of at least 4 members (excludes halogenated alkanes) is 23. The van der Waals surface area contributed by atoms with Crippen LogP contribution in [0.15, 0.2) is 36.5 Å². The van der Waals surface area contributed by atoms with E-state index in [0.29, 0.717) is 6.42 Å². The van der Waals surface area contributed by atoms with Crippen LogP contribution in [0.2, 0.25) is 0 Å². The summed E-state index contributed by atoms with van der Waals surface area (Å²) < 4.78 is 0. The van der Waals surface area contributed by atoms with E-state index in [1.54, 1.807) is 6.08 Å². The fraction of sp³-hybridized carbons (Fsp3) is 0.825. The fourth-order valence-electron chi connectivity index (χ4n) is 5.61. The van der Waals surface area contributed by atoms with Gasteiger partial charge in [0.05, 0.1) is 18.8 Å². The molecule has 0 bridgehead atoms. The summed E-state index contributed by atoms with van der Waals surface area (Å²) in [4.78, 5) is 12.2. The molecular weight excluding hydrogens is 542 g/mol. The third-order valence-corrected chi connectivity index (χ3v) is 8.60. The van der Waals surface area contributed by atoms with Crippen LogP contribution in [0.25, 0.3) is 0 Å².